The minimum atomic E-state index is -0.191. The molecule has 0 spiro atoms. The van der Waals surface area contributed by atoms with E-state index < -0.39 is 0 Å². The summed E-state index contributed by atoms with van der Waals surface area (Å²) in [6, 6.07) is 15.0. The lowest BCUT2D eigenvalue weighted by Gasteiger charge is -2.03. The van der Waals surface area contributed by atoms with Gasteiger partial charge in [-0.2, -0.15) is 10.4 Å². The highest BCUT2D eigenvalue weighted by molar-refractivity contribution is 5.85. The zero-order valence-electron chi connectivity index (χ0n) is 9.92. The summed E-state index contributed by atoms with van der Waals surface area (Å²) in [6.45, 7) is 0. The summed E-state index contributed by atoms with van der Waals surface area (Å²) in [6.07, 6.45) is 1.63. The minimum absolute atomic E-state index is 0.191. The molecular formula is C15H9N3O. The van der Waals surface area contributed by atoms with Crippen molar-refractivity contribution in [3.05, 3.63) is 64.6 Å². The quantitative estimate of drug-likeness (QED) is 0.718. The number of rotatable bonds is 1. The molecule has 3 rings (SSSR count). The number of benzene rings is 2. The largest absolute Gasteiger partial charge is 0.272 e. The van der Waals surface area contributed by atoms with Gasteiger partial charge in [0.05, 0.1) is 23.2 Å². The zero-order chi connectivity index (χ0) is 13.2. The lowest BCUT2D eigenvalue weighted by Crippen LogP contribution is -2.06. The Morgan fingerprint density at radius 3 is 2.53 bits per heavy atom. The van der Waals surface area contributed by atoms with Gasteiger partial charge in [-0.25, -0.2) is 5.10 Å². The van der Waals surface area contributed by atoms with Crippen molar-refractivity contribution in [2.24, 2.45) is 0 Å². The minimum Gasteiger partial charge on any atom is -0.267 e. The summed E-state index contributed by atoms with van der Waals surface area (Å²) in [7, 11) is 0. The van der Waals surface area contributed by atoms with Crippen LogP contribution in [0.1, 0.15) is 5.56 Å². The summed E-state index contributed by atoms with van der Waals surface area (Å²) in [4.78, 5) is 11.6. The molecule has 0 aliphatic carbocycles. The van der Waals surface area contributed by atoms with Crippen LogP contribution in [0.4, 0.5) is 0 Å². The second-order valence-electron chi connectivity index (χ2n) is 4.19. The van der Waals surface area contributed by atoms with Crippen LogP contribution < -0.4 is 5.56 Å². The van der Waals surface area contributed by atoms with Gasteiger partial charge in [-0.05, 0) is 35.4 Å². The van der Waals surface area contributed by atoms with E-state index in [0.717, 1.165) is 16.5 Å². The molecule has 0 fully saturated rings. The van der Waals surface area contributed by atoms with E-state index in [1.807, 2.05) is 24.3 Å². The van der Waals surface area contributed by atoms with Crippen molar-refractivity contribution in [1.82, 2.24) is 10.2 Å². The van der Waals surface area contributed by atoms with Crippen molar-refractivity contribution in [3.63, 3.8) is 0 Å². The Labute approximate surface area is 108 Å². The molecule has 0 amide bonds. The number of nitrogens with zero attached hydrogens (tertiary/aromatic N) is 2. The molecule has 0 unspecified atom stereocenters. The van der Waals surface area contributed by atoms with E-state index in [4.69, 9.17) is 5.26 Å². The molecule has 0 saturated carbocycles. The van der Waals surface area contributed by atoms with Crippen molar-refractivity contribution in [3.8, 4) is 17.2 Å². The molecular weight excluding hydrogens is 238 g/mol. The van der Waals surface area contributed by atoms with Crippen molar-refractivity contribution >= 4 is 10.8 Å². The van der Waals surface area contributed by atoms with Gasteiger partial charge in [0.25, 0.3) is 5.56 Å². The van der Waals surface area contributed by atoms with Crippen LogP contribution in [0.15, 0.2) is 53.5 Å². The highest BCUT2D eigenvalue weighted by atomic mass is 16.1. The Kier molecular flexibility index (Phi) is 2.58. The summed E-state index contributed by atoms with van der Waals surface area (Å²) in [5.41, 5.74) is 2.43. The van der Waals surface area contributed by atoms with E-state index in [0.29, 0.717) is 10.9 Å². The average Bonchev–Trinajstić information content (AvgIpc) is 2.47. The second-order valence-corrected chi connectivity index (χ2v) is 4.19. The number of nitriles is 1. The van der Waals surface area contributed by atoms with Crippen molar-refractivity contribution in [1.29, 1.82) is 5.26 Å². The second kappa shape index (κ2) is 4.39. The Morgan fingerprint density at radius 2 is 1.79 bits per heavy atom. The van der Waals surface area contributed by atoms with Gasteiger partial charge in [-0.15, -0.1) is 0 Å². The molecule has 0 radical (unpaired) electrons. The summed E-state index contributed by atoms with van der Waals surface area (Å²) in [5, 5.41) is 16.4. The summed E-state index contributed by atoms with van der Waals surface area (Å²) < 4.78 is 0. The van der Waals surface area contributed by atoms with Crippen molar-refractivity contribution in [2.45, 2.75) is 0 Å². The number of aromatic amines is 1. The van der Waals surface area contributed by atoms with Gasteiger partial charge in [0.2, 0.25) is 0 Å². The fourth-order valence-electron chi connectivity index (χ4n) is 2.01. The number of nitrogens with one attached hydrogen (secondary N) is 1. The molecule has 0 atom stereocenters. The molecule has 4 heteroatoms. The maximum Gasteiger partial charge on any atom is 0.272 e. The smallest absolute Gasteiger partial charge is 0.267 e. The first kappa shape index (κ1) is 11.2. The van der Waals surface area contributed by atoms with Crippen LogP contribution >= 0.6 is 0 Å². The molecule has 0 bridgehead atoms. The van der Waals surface area contributed by atoms with Gasteiger partial charge in [0, 0.05) is 5.39 Å². The molecule has 1 N–H and O–H groups in total. The van der Waals surface area contributed by atoms with Crippen LogP contribution in [-0.2, 0) is 0 Å². The monoisotopic (exact) mass is 247 g/mol. The highest BCUT2D eigenvalue weighted by Crippen LogP contribution is 2.22. The normalized spacial score (nSPS) is 10.3. The van der Waals surface area contributed by atoms with Gasteiger partial charge in [-0.3, -0.25) is 4.79 Å². The first-order chi connectivity index (χ1) is 9.28. The first-order valence-corrected chi connectivity index (χ1v) is 5.76. The number of hydrogen-bond donors (Lipinski definition) is 1. The van der Waals surface area contributed by atoms with Crippen molar-refractivity contribution in [2.75, 3.05) is 0 Å². The lowest BCUT2D eigenvalue weighted by atomic mass is 10.0. The molecule has 90 valence electrons. The molecule has 3 aromatic rings. The van der Waals surface area contributed by atoms with Gasteiger partial charge < -0.3 is 0 Å². The maximum atomic E-state index is 11.6. The maximum absolute atomic E-state index is 11.6. The van der Waals surface area contributed by atoms with Gasteiger partial charge in [-0.1, -0.05) is 18.2 Å². The fraction of sp³-hybridized carbons (Fsp3) is 0. The standard InChI is InChI=1S/C15H9N3O/c16-8-10-1-3-11(4-2-10)12-5-6-14-13(7-12)9-17-18-15(14)19/h1-7,9H,(H,18,19). The molecule has 0 saturated heterocycles. The van der Waals surface area contributed by atoms with E-state index in [1.165, 1.54) is 0 Å². The van der Waals surface area contributed by atoms with E-state index >= 15 is 0 Å². The van der Waals surface area contributed by atoms with E-state index in [9.17, 15) is 4.79 Å². The van der Waals surface area contributed by atoms with Gasteiger partial charge in [0.1, 0.15) is 0 Å². The lowest BCUT2D eigenvalue weighted by molar-refractivity contribution is 1.01. The fourth-order valence-corrected chi connectivity index (χ4v) is 2.01. The predicted molar refractivity (Wildman–Crippen MR) is 72.5 cm³/mol. The van der Waals surface area contributed by atoms with Crippen LogP contribution in [0, 0.1) is 11.3 Å². The first-order valence-electron chi connectivity index (χ1n) is 5.76. The van der Waals surface area contributed by atoms with Crippen LogP contribution in [0.2, 0.25) is 0 Å². The Balaban J connectivity index is 2.15. The number of H-pyrrole nitrogens is 1. The van der Waals surface area contributed by atoms with Crippen LogP contribution in [-0.4, -0.2) is 10.2 Å². The SMILES string of the molecule is N#Cc1ccc(-c2ccc3c(=O)[nH]ncc3c2)cc1. The molecule has 0 aliphatic heterocycles. The Hall–Kier alpha value is -2.93. The average molecular weight is 247 g/mol. The molecule has 4 nitrogen and oxygen atoms in total. The van der Waals surface area contributed by atoms with Gasteiger partial charge in [0.15, 0.2) is 0 Å². The van der Waals surface area contributed by atoms with Gasteiger partial charge >= 0.3 is 0 Å². The molecule has 19 heavy (non-hydrogen) atoms. The number of aromatic nitrogens is 2. The third-order valence-corrected chi connectivity index (χ3v) is 3.01. The van der Waals surface area contributed by atoms with Crippen LogP contribution in [0.3, 0.4) is 0 Å². The Bertz CT molecular complexity index is 842. The van der Waals surface area contributed by atoms with E-state index in [-0.39, 0.29) is 5.56 Å². The molecule has 2 aromatic carbocycles. The third-order valence-electron chi connectivity index (χ3n) is 3.01. The number of hydrogen-bond acceptors (Lipinski definition) is 3. The third kappa shape index (κ3) is 1.98. The molecule has 1 heterocycles. The topological polar surface area (TPSA) is 69.5 Å². The van der Waals surface area contributed by atoms with Crippen molar-refractivity contribution < 1.29 is 0 Å². The van der Waals surface area contributed by atoms with Crippen LogP contribution in [0.25, 0.3) is 21.9 Å². The number of fused-ring (bicyclic) bond motifs is 1. The van der Waals surface area contributed by atoms with E-state index in [1.54, 1.807) is 24.4 Å². The zero-order valence-corrected chi connectivity index (χ0v) is 9.92. The molecule has 0 aliphatic rings. The summed E-state index contributed by atoms with van der Waals surface area (Å²) in [5.74, 6) is 0. The highest BCUT2D eigenvalue weighted by Gasteiger charge is 2.02. The Morgan fingerprint density at radius 1 is 1.05 bits per heavy atom. The summed E-state index contributed by atoms with van der Waals surface area (Å²) >= 11 is 0. The predicted octanol–water partition coefficient (Wildman–Crippen LogP) is 2.46. The van der Waals surface area contributed by atoms with E-state index in [2.05, 4.69) is 16.3 Å². The molecule has 1 aromatic heterocycles. The van der Waals surface area contributed by atoms with Crippen LogP contribution in [0.5, 0.6) is 0 Å².